The Labute approximate surface area is 181 Å². The smallest absolute Gasteiger partial charge is 0.271 e. The number of carbonyl (C=O) groups is 1. The molecule has 0 saturated carbocycles. The third kappa shape index (κ3) is 4.39. The van der Waals surface area contributed by atoms with Gasteiger partial charge in [-0.1, -0.05) is 48.3 Å². The largest absolute Gasteiger partial charge is 0.317 e. The molecular formula is C23H23Cl2N3O. The second-order valence-corrected chi connectivity index (χ2v) is 7.74. The molecule has 29 heavy (non-hydrogen) atoms. The van der Waals surface area contributed by atoms with Crippen molar-refractivity contribution < 1.29 is 4.79 Å². The maximum Gasteiger partial charge on any atom is 0.271 e. The van der Waals surface area contributed by atoms with Gasteiger partial charge in [0.2, 0.25) is 0 Å². The van der Waals surface area contributed by atoms with Gasteiger partial charge in [-0.15, -0.1) is 0 Å². The lowest BCUT2D eigenvalue weighted by atomic mass is 10.1. The second-order valence-electron chi connectivity index (χ2n) is 6.93. The van der Waals surface area contributed by atoms with E-state index in [0.29, 0.717) is 15.6 Å². The highest BCUT2D eigenvalue weighted by Gasteiger charge is 2.14. The molecule has 0 aliphatic rings. The molecule has 0 spiro atoms. The van der Waals surface area contributed by atoms with E-state index in [1.54, 1.807) is 18.3 Å². The van der Waals surface area contributed by atoms with Crippen LogP contribution in [-0.4, -0.2) is 16.7 Å². The molecule has 4 nitrogen and oxygen atoms in total. The van der Waals surface area contributed by atoms with Crippen molar-refractivity contribution in [2.45, 2.75) is 34.1 Å². The van der Waals surface area contributed by atoms with Gasteiger partial charge in [-0.2, -0.15) is 5.10 Å². The number of amides is 1. The standard InChI is InChI=1S/C23H23Cl2N3O/c1-5-17-8-6-7-14(2)22(17)28-15(3)11-19(16(28)4)13-26-27-23(29)18-9-10-20(24)21(25)12-18/h6-13H,5H2,1-4H3,(H,27,29)/b26-13-. The van der Waals surface area contributed by atoms with E-state index in [0.717, 1.165) is 23.4 Å². The lowest BCUT2D eigenvalue weighted by Crippen LogP contribution is -2.17. The third-order valence-electron chi connectivity index (χ3n) is 4.95. The molecule has 0 atom stereocenters. The van der Waals surface area contributed by atoms with Crippen LogP contribution in [0.15, 0.2) is 47.6 Å². The first-order valence-corrected chi connectivity index (χ1v) is 10.1. The van der Waals surface area contributed by atoms with Crippen LogP contribution in [0.25, 0.3) is 5.69 Å². The van der Waals surface area contributed by atoms with E-state index in [1.165, 1.54) is 22.9 Å². The summed E-state index contributed by atoms with van der Waals surface area (Å²) in [6.45, 7) is 8.41. The number of aryl methyl sites for hydroxylation is 3. The maximum atomic E-state index is 12.3. The lowest BCUT2D eigenvalue weighted by molar-refractivity contribution is 0.0955. The van der Waals surface area contributed by atoms with E-state index in [9.17, 15) is 4.79 Å². The van der Waals surface area contributed by atoms with Gasteiger partial charge < -0.3 is 4.57 Å². The molecule has 3 aromatic rings. The lowest BCUT2D eigenvalue weighted by Gasteiger charge is -2.17. The zero-order valence-corrected chi connectivity index (χ0v) is 18.4. The fourth-order valence-electron chi connectivity index (χ4n) is 3.45. The molecule has 3 rings (SSSR count). The Bertz CT molecular complexity index is 1100. The van der Waals surface area contributed by atoms with Crippen LogP contribution in [0.4, 0.5) is 0 Å². The molecule has 1 amide bonds. The molecule has 0 aliphatic heterocycles. The van der Waals surface area contributed by atoms with Gasteiger partial charge in [0, 0.05) is 22.5 Å². The normalized spacial score (nSPS) is 11.2. The molecule has 0 aliphatic carbocycles. The molecule has 1 heterocycles. The predicted molar refractivity (Wildman–Crippen MR) is 121 cm³/mol. The van der Waals surface area contributed by atoms with Crippen molar-refractivity contribution in [3.05, 3.63) is 86.2 Å². The van der Waals surface area contributed by atoms with E-state index in [4.69, 9.17) is 23.2 Å². The zero-order valence-electron chi connectivity index (χ0n) is 16.9. The first-order valence-electron chi connectivity index (χ1n) is 9.39. The summed E-state index contributed by atoms with van der Waals surface area (Å²) in [7, 11) is 0. The minimum atomic E-state index is -0.346. The maximum absolute atomic E-state index is 12.3. The summed E-state index contributed by atoms with van der Waals surface area (Å²) in [4.78, 5) is 12.3. The zero-order chi connectivity index (χ0) is 21.1. The van der Waals surface area contributed by atoms with Crippen molar-refractivity contribution in [1.29, 1.82) is 0 Å². The summed E-state index contributed by atoms with van der Waals surface area (Å²) in [5.74, 6) is -0.346. The van der Waals surface area contributed by atoms with Crippen LogP contribution in [-0.2, 0) is 6.42 Å². The fourth-order valence-corrected chi connectivity index (χ4v) is 3.75. The minimum Gasteiger partial charge on any atom is -0.317 e. The molecule has 1 N–H and O–H groups in total. The molecule has 2 aromatic carbocycles. The summed E-state index contributed by atoms with van der Waals surface area (Å²) < 4.78 is 2.25. The Morgan fingerprint density at radius 2 is 1.86 bits per heavy atom. The van der Waals surface area contributed by atoms with Gasteiger partial charge in [0.25, 0.3) is 5.91 Å². The van der Waals surface area contributed by atoms with Crippen molar-refractivity contribution >= 4 is 35.3 Å². The Morgan fingerprint density at radius 3 is 2.55 bits per heavy atom. The van der Waals surface area contributed by atoms with Gasteiger partial charge in [-0.05, 0) is 62.6 Å². The topological polar surface area (TPSA) is 46.4 Å². The number of rotatable bonds is 5. The molecule has 150 valence electrons. The van der Waals surface area contributed by atoms with Crippen LogP contribution >= 0.6 is 23.2 Å². The average Bonchev–Trinajstić information content (AvgIpc) is 2.97. The second kappa shape index (κ2) is 8.85. The van der Waals surface area contributed by atoms with Crippen molar-refractivity contribution in [3.63, 3.8) is 0 Å². The SMILES string of the molecule is CCc1cccc(C)c1-n1c(C)cc(/C=N\NC(=O)c2ccc(Cl)c(Cl)c2)c1C. The number of halogens is 2. The van der Waals surface area contributed by atoms with E-state index < -0.39 is 0 Å². The quantitative estimate of drug-likeness (QED) is 0.391. The first kappa shape index (κ1) is 21.2. The predicted octanol–water partition coefficient (Wildman–Crippen LogP) is 6.04. The summed E-state index contributed by atoms with van der Waals surface area (Å²) in [5, 5.41) is 4.86. The van der Waals surface area contributed by atoms with Crippen LogP contribution in [0.2, 0.25) is 10.0 Å². The fraction of sp³-hybridized carbons (Fsp3) is 0.217. The Kier molecular flexibility index (Phi) is 6.46. The monoisotopic (exact) mass is 427 g/mol. The number of nitrogens with zero attached hydrogens (tertiary/aromatic N) is 2. The van der Waals surface area contributed by atoms with Crippen molar-refractivity contribution in [3.8, 4) is 5.69 Å². The molecule has 0 fully saturated rings. The Balaban J connectivity index is 1.86. The molecule has 1 aromatic heterocycles. The van der Waals surface area contributed by atoms with Crippen molar-refractivity contribution in [2.24, 2.45) is 5.10 Å². The summed E-state index contributed by atoms with van der Waals surface area (Å²) in [5.41, 5.74) is 9.80. The molecule has 0 bridgehead atoms. The molecular weight excluding hydrogens is 405 g/mol. The van der Waals surface area contributed by atoms with Crippen molar-refractivity contribution in [1.82, 2.24) is 9.99 Å². The number of aromatic nitrogens is 1. The van der Waals surface area contributed by atoms with Gasteiger partial charge in [0.15, 0.2) is 0 Å². The molecule has 0 radical (unpaired) electrons. The van der Waals surface area contributed by atoms with Crippen molar-refractivity contribution in [2.75, 3.05) is 0 Å². The highest BCUT2D eigenvalue weighted by molar-refractivity contribution is 6.42. The average molecular weight is 428 g/mol. The Hall–Kier alpha value is -2.56. The Morgan fingerprint density at radius 1 is 1.10 bits per heavy atom. The van der Waals surface area contributed by atoms with Crippen LogP contribution < -0.4 is 5.43 Å². The van der Waals surface area contributed by atoms with Gasteiger partial charge in [-0.25, -0.2) is 5.43 Å². The van der Waals surface area contributed by atoms with Gasteiger partial charge in [0.05, 0.1) is 21.9 Å². The van der Waals surface area contributed by atoms with Crippen LogP contribution in [0.3, 0.4) is 0 Å². The number of hydrogen-bond donors (Lipinski definition) is 1. The van der Waals surface area contributed by atoms with E-state index in [-0.39, 0.29) is 5.91 Å². The van der Waals surface area contributed by atoms with E-state index in [2.05, 4.69) is 67.1 Å². The molecule has 6 heteroatoms. The number of nitrogens with one attached hydrogen (secondary N) is 1. The van der Waals surface area contributed by atoms with E-state index >= 15 is 0 Å². The highest BCUT2D eigenvalue weighted by atomic mass is 35.5. The molecule has 0 unspecified atom stereocenters. The van der Waals surface area contributed by atoms with Gasteiger partial charge in [0.1, 0.15) is 0 Å². The van der Waals surface area contributed by atoms with E-state index in [1.807, 2.05) is 0 Å². The third-order valence-corrected chi connectivity index (χ3v) is 5.69. The number of hydrazone groups is 1. The highest BCUT2D eigenvalue weighted by Crippen LogP contribution is 2.26. The minimum absolute atomic E-state index is 0.330. The van der Waals surface area contributed by atoms with Gasteiger partial charge >= 0.3 is 0 Å². The summed E-state index contributed by atoms with van der Waals surface area (Å²) in [6.07, 6.45) is 2.62. The first-order chi connectivity index (χ1) is 13.8. The van der Waals surface area contributed by atoms with Gasteiger partial charge in [-0.3, -0.25) is 4.79 Å². The molecule has 0 saturated heterocycles. The number of para-hydroxylation sites is 1. The van der Waals surface area contributed by atoms with Crippen LogP contribution in [0, 0.1) is 20.8 Å². The van der Waals surface area contributed by atoms with Crippen LogP contribution in [0.5, 0.6) is 0 Å². The number of carbonyl (C=O) groups excluding carboxylic acids is 1. The summed E-state index contributed by atoms with van der Waals surface area (Å²) >= 11 is 11.9. The summed E-state index contributed by atoms with van der Waals surface area (Å²) in [6, 6.07) is 13.2. The number of benzene rings is 2. The number of hydrogen-bond acceptors (Lipinski definition) is 2. The van der Waals surface area contributed by atoms with Crippen LogP contribution in [0.1, 0.15) is 45.4 Å².